The van der Waals surface area contributed by atoms with Crippen LogP contribution < -0.4 is 0 Å². The van der Waals surface area contributed by atoms with E-state index < -0.39 is 0 Å². The topological polar surface area (TPSA) is 63.0 Å². The van der Waals surface area contributed by atoms with Gasteiger partial charge in [0.2, 0.25) is 5.91 Å². The number of hydrogen-bond acceptors (Lipinski definition) is 5. The Labute approximate surface area is 185 Å². The summed E-state index contributed by atoms with van der Waals surface area (Å²) in [6.45, 7) is 4.23. The van der Waals surface area contributed by atoms with E-state index in [9.17, 15) is 9.59 Å². The third kappa shape index (κ3) is 4.66. The second-order valence-electron chi connectivity index (χ2n) is 7.86. The number of fused-ring (bicyclic) bond motifs is 1. The molecule has 0 unspecified atom stereocenters. The van der Waals surface area contributed by atoms with Crippen LogP contribution in [0.1, 0.15) is 36.3 Å². The van der Waals surface area contributed by atoms with Crippen molar-refractivity contribution in [3.8, 4) is 0 Å². The molecule has 0 aliphatic carbocycles. The van der Waals surface area contributed by atoms with Gasteiger partial charge in [-0.15, -0.1) is 0 Å². The average Bonchev–Trinajstić information content (AvgIpc) is 3.34. The molecule has 0 saturated carbocycles. The minimum absolute atomic E-state index is 0.0426. The quantitative estimate of drug-likeness (QED) is 0.646. The van der Waals surface area contributed by atoms with Gasteiger partial charge in [-0.3, -0.25) is 14.5 Å². The van der Waals surface area contributed by atoms with Crippen molar-refractivity contribution < 1.29 is 18.7 Å². The summed E-state index contributed by atoms with van der Waals surface area (Å²) < 4.78 is 11.0. The Hall–Kier alpha value is -2.02. The van der Waals surface area contributed by atoms with Crippen LogP contribution in [0.2, 0.25) is 10.0 Å². The maximum absolute atomic E-state index is 13.2. The van der Waals surface area contributed by atoms with Crippen LogP contribution in [0.4, 0.5) is 0 Å². The number of likely N-dealkylation sites (tertiary alicyclic amines) is 1. The zero-order chi connectivity index (χ0) is 21.3. The van der Waals surface area contributed by atoms with Crippen molar-refractivity contribution >= 4 is 35.1 Å². The monoisotopic (exact) mass is 450 g/mol. The molecule has 2 aromatic rings. The lowest BCUT2D eigenvalue weighted by Crippen LogP contribution is -2.45. The first-order valence-corrected chi connectivity index (χ1v) is 10.9. The van der Waals surface area contributed by atoms with Crippen molar-refractivity contribution in [3.63, 3.8) is 0 Å². The van der Waals surface area contributed by atoms with Gasteiger partial charge in [-0.1, -0.05) is 29.3 Å². The number of furan rings is 1. The standard InChI is InChI=1S/C22H24Cl2N2O4/c1-14(27)30-16-4-7-25(12-16)13-20-17-6-9-29-21(17)5-8-26(20)22(28)11-15-2-3-18(23)19(24)10-15/h2-3,6,9-10,16,20H,4-5,7-8,11-13H2,1H3/t16-,20-/m0/s1. The molecule has 0 radical (unpaired) electrons. The van der Waals surface area contributed by atoms with Crippen LogP contribution in [0.3, 0.4) is 0 Å². The van der Waals surface area contributed by atoms with Crippen LogP contribution in [0.25, 0.3) is 0 Å². The van der Waals surface area contributed by atoms with Crippen molar-refractivity contribution in [2.24, 2.45) is 0 Å². The largest absolute Gasteiger partial charge is 0.469 e. The smallest absolute Gasteiger partial charge is 0.302 e. The molecule has 4 rings (SSSR count). The maximum Gasteiger partial charge on any atom is 0.302 e. The van der Waals surface area contributed by atoms with Gasteiger partial charge in [-0.2, -0.15) is 0 Å². The summed E-state index contributed by atoms with van der Waals surface area (Å²) in [5.41, 5.74) is 1.89. The maximum atomic E-state index is 13.2. The predicted molar refractivity (Wildman–Crippen MR) is 114 cm³/mol. The number of halogens is 2. The van der Waals surface area contributed by atoms with E-state index in [0.29, 0.717) is 36.1 Å². The summed E-state index contributed by atoms with van der Waals surface area (Å²) in [7, 11) is 0. The van der Waals surface area contributed by atoms with E-state index in [4.69, 9.17) is 32.4 Å². The summed E-state index contributed by atoms with van der Waals surface area (Å²) in [5.74, 6) is 0.727. The van der Waals surface area contributed by atoms with Crippen molar-refractivity contribution in [2.45, 2.75) is 38.3 Å². The van der Waals surface area contributed by atoms with E-state index in [0.717, 1.165) is 29.9 Å². The Bertz CT molecular complexity index is 945. The summed E-state index contributed by atoms with van der Waals surface area (Å²) in [4.78, 5) is 28.7. The van der Waals surface area contributed by atoms with Gasteiger partial charge >= 0.3 is 5.97 Å². The molecule has 3 heterocycles. The van der Waals surface area contributed by atoms with E-state index in [1.165, 1.54) is 6.92 Å². The van der Waals surface area contributed by atoms with Gasteiger partial charge < -0.3 is 14.1 Å². The second-order valence-corrected chi connectivity index (χ2v) is 8.67. The molecule has 1 aromatic carbocycles. The molecule has 160 valence electrons. The lowest BCUT2D eigenvalue weighted by atomic mass is 9.97. The second kappa shape index (κ2) is 9.00. The van der Waals surface area contributed by atoms with Crippen molar-refractivity contribution in [1.29, 1.82) is 0 Å². The molecular weight excluding hydrogens is 427 g/mol. The summed E-state index contributed by atoms with van der Waals surface area (Å²) in [6, 6.07) is 7.15. The Morgan fingerprint density at radius 1 is 1.20 bits per heavy atom. The number of carbonyl (C=O) groups is 2. The van der Waals surface area contributed by atoms with Gasteiger partial charge in [0.05, 0.1) is 28.8 Å². The first-order valence-electron chi connectivity index (χ1n) is 10.1. The number of rotatable bonds is 5. The number of esters is 1. The molecule has 2 aliphatic rings. The molecular formula is C22H24Cl2N2O4. The van der Waals surface area contributed by atoms with Crippen molar-refractivity contribution in [1.82, 2.24) is 9.80 Å². The molecule has 0 bridgehead atoms. The van der Waals surface area contributed by atoms with Crippen LogP contribution in [-0.4, -0.2) is 54.0 Å². The number of amides is 1. The Balaban J connectivity index is 1.49. The van der Waals surface area contributed by atoms with E-state index in [1.54, 1.807) is 18.4 Å². The fourth-order valence-corrected chi connectivity index (χ4v) is 4.68. The summed E-state index contributed by atoms with van der Waals surface area (Å²) in [5, 5.41) is 0.922. The Kier molecular flexibility index (Phi) is 6.37. The van der Waals surface area contributed by atoms with E-state index >= 15 is 0 Å². The number of carbonyl (C=O) groups excluding carboxylic acids is 2. The fraction of sp³-hybridized carbons (Fsp3) is 0.455. The molecule has 8 heteroatoms. The van der Waals surface area contributed by atoms with Gasteiger partial charge in [0.15, 0.2) is 0 Å². The first kappa shape index (κ1) is 21.2. The minimum Gasteiger partial charge on any atom is -0.469 e. The van der Waals surface area contributed by atoms with Gasteiger partial charge in [0.1, 0.15) is 11.9 Å². The van der Waals surface area contributed by atoms with E-state index in [2.05, 4.69) is 4.90 Å². The molecule has 1 amide bonds. The fourth-order valence-electron chi connectivity index (χ4n) is 4.36. The third-order valence-corrected chi connectivity index (χ3v) is 6.49. The van der Waals surface area contributed by atoms with Gasteiger partial charge in [-0.05, 0) is 30.2 Å². The lowest BCUT2D eigenvalue weighted by molar-refractivity contribution is -0.145. The van der Waals surface area contributed by atoms with Gasteiger partial charge in [0, 0.05) is 45.1 Å². The Morgan fingerprint density at radius 2 is 2.03 bits per heavy atom. The average molecular weight is 451 g/mol. The molecule has 0 N–H and O–H groups in total. The minimum atomic E-state index is -0.255. The van der Waals surface area contributed by atoms with Crippen LogP contribution in [0.15, 0.2) is 34.9 Å². The highest BCUT2D eigenvalue weighted by Gasteiger charge is 2.36. The van der Waals surface area contributed by atoms with Crippen LogP contribution in [-0.2, 0) is 27.2 Å². The number of ether oxygens (including phenoxy) is 1. The van der Waals surface area contributed by atoms with Crippen molar-refractivity contribution in [2.75, 3.05) is 26.2 Å². The number of hydrogen-bond donors (Lipinski definition) is 0. The molecule has 2 atom stereocenters. The zero-order valence-electron chi connectivity index (χ0n) is 16.8. The molecule has 2 aliphatic heterocycles. The summed E-state index contributed by atoms with van der Waals surface area (Å²) in [6.07, 6.45) is 3.37. The van der Waals surface area contributed by atoms with Crippen molar-refractivity contribution in [3.05, 3.63) is 57.5 Å². The van der Waals surface area contributed by atoms with E-state index in [-0.39, 0.29) is 30.4 Å². The molecule has 1 fully saturated rings. The summed E-state index contributed by atoms with van der Waals surface area (Å²) >= 11 is 12.1. The number of benzene rings is 1. The predicted octanol–water partition coefficient (Wildman–Crippen LogP) is 3.89. The van der Waals surface area contributed by atoms with Crippen LogP contribution in [0, 0.1) is 0 Å². The first-order chi connectivity index (χ1) is 14.4. The number of nitrogens with zero attached hydrogens (tertiary/aromatic N) is 2. The molecule has 1 aromatic heterocycles. The van der Waals surface area contributed by atoms with Crippen LogP contribution in [0.5, 0.6) is 0 Å². The van der Waals surface area contributed by atoms with E-state index in [1.807, 2.05) is 17.0 Å². The highest BCUT2D eigenvalue weighted by atomic mass is 35.5. The highest BCUT2D eigenvalue weighted by Crippen LogP contribution is 2.33. The molecule has 30 heavy (non-hydrogen) atoms. The van der Waals surface area contributed by atoms with Crippen LogP contribution >= 0.6 is 23.2 Å². The zero-order valence-corrected chi connectivity index (χ0v) is 18.3. The van der Waals surface area contributed by atoms with Gasteiger partial charge in [-0.25, -0.2) is 0 Å². The Morgan fingerprint density at radius 3 is 2.80 bits per heavy atom. The lowest BCUT2D eigenvalue weighted by Gasteiger charge is -2.37. The van der Waals surface area contributed by atoms with Gasteiger partial charge in [0.25, 0.3) is 0 Å². The third-order valence-electron chi connectivity index (χ3n) is 5.75. The normalized spacial score (nSPS) is 21.5. The highest BCUT2D eigenvalue weighted by molar-refractivity contribution is 6.42. The molecule has 1 saturated heterocycles. The molecule has 6 nitrogen and oxygen atoms in total. The molecule has 0 spiro atoms. The SMILES string of the molecule is CC(=O)O[C@H]1CCN(C[C@H]2c3ccoc3CCN2C(=O)Cc2ccc(Cl)c(Cl)c2)C1.